The number of nitrogens with zero attached hydrogens (tertiary/aromatic N) is 1. The summed E-state index contributed by atoms with van der Waals surface area (Å²) < 4.78 is 34.3. The standard InChI is InChI=1S/C25H31N3O4S2/c1-16(18-7-5-4-6-8-18)26-25-27-17(2)24(33-25)19-9-14-22(32-3)23(15-19)34(30,31)28-20-10-12-21(29)13-11-20/h9-16,18,28-29H,4-8H2,1-3H3,(H,26,27)/t16-/m0/s1. The quantitative estimate of drug-likeness (QED) is 0.327. The smallest absolute Gasteiger partial charge is 0.265 e. The zero-order chi connectivity index (χ0) is 24.3. The molecule has 3 N–H and O–H groups in total. The van der Waals surface area contributed by atoms with Gasteiger partial charge in [0.1, 0.15) is 16.4 Å². The summed E-state index contributed by atoms with van der Waals surface area (Å²) in [5.74, 6) is 0.969. The van der Waals surface area contributed by atoms with E-state index in [4.69, 9.17) is 9.72 Å². The number of phenols is 1. The third kappa shape index (κ3) is 5.47. The van der Waals surface area contributed by atoms with Gasteiger partial charge in [-0.15, -0.1) is 0 Å². The number of phenolic OH excluding ortho intramolecular Hbond substituents is 1. The van der Waals surface area contributed by atoms with Crippen molar-refractivity contribution in [2.24, 2.45) is 5.92 Å². The maximum atomic E-state index is 13.2. The van der Waals surface area contributed by atoms with Gasteiger partial charge in [0.2, 0.25) is 0 Å². The van der Waals surface area contributed by atoms with E-state index in [1.54, 1.807) is 12.1 Å². The number of aromatic nitrogens is 1. The minimum absolute atomic E-state index is 0.0402. The van der Waals surface area contributed by atoms with Gasteiger partial charge in [-0.2, -0.15) is 0 Å². The number of rotatable bonds is 8. The molecule has 9 heteroatoms. The summed E-state index contributed by atoms with van der Waals surface area (Å²) in [7, 11) is -2.48. The fourth-order valence-corrected chi connectivity index (χ4v) is 6.75. The van der Waals surface area contributed by atoms with Crippen LogP contribution in [0.4, 0.5) is 10.8 Å². The van der Waals surface area contributed by atoms with Gasteiger partial charge < -0.3 is 15.2 Å². The molecule has 0 amide bonds. The summed E-state index contributed by atoms with van der Waals surface area (Å²) in [6, 6.07) is 11.3. The number of sulfonamides is 1. The summed E-state index contributed by atoms with van der Waals surface area (Å²) in [6.45, 7) is 4.16. The van der Waals surface area contributed by atoms with Crippen LogP contribution >= 0.6 is 11.3 Å². The van der Waals surface area contributed by atoms with E-state index in [9.17, 15) is 13.5 Å². The molecule has 182 valence electrons. The molecule has 1 aliphatic rings. The molecule has 1 saturated carbocycles. The molecule has 1 heterocycles. The van der Waals surface area contributed by atoms with Crippen molar-refractivity contribution in [2.75, 3.05) is 17.1 Å². The summed E-state index contributed by atoms with van der Waals surface area (Å²) >= 11 is 1.54. The van der Waals surface area contributed by atoms with Crippen molar-refractivity contribution in [3.05, 3.63) is 48.2 Å². The van der Waals surface area contributed by atoms with Crippen LogP contribution in [-0.4, -0.2) is 31.7 Å². The molecule has 0 aliphatic heterocycles. The van der Waals surface area contributed by atoms with Gasteiger partial charge in [-0.25, -0.2) is 13.4 Å². The Hall–Kier alpha value is -2.78. The van der Waals surface area contributed by atoms with Crippen LogP contribution in [0.15, 0.2) is 47.4 Å². The Morgan fingerprint density at radius 3 is 2.50 bits per heavy atom. The number of nitrogens with one attached hydrogen (secondary N) is 2. The average Bonchev–Trinajstić information content (AvgIpc) is 3.20. The van der Waals surface area contributed by atoms with E-state index in [1.165, 1.54) is 74.8 Å². The van der Waals surface area contributed by atoms with E-state index in [0.29, 0.717) is 17.6 Å². The van der Waals surface area contributed by atoms with Gasteiger partial charge in [0.15, 0.2) is 5.13 Å². The number of ether oxygens (including phenoxy) is 1. The Morgan fingerprint density at radius 2 is 1.82 bits per heavy atom. The van der Waals surface area contributed by atoms with Gasteiger partial charge in [-0.05, 0) is 80.6 Å². The topological polar surface area (TPSA) is 101 Å². The monoisotopic (exact) mass is 501 g/mol. The Kier molecular flexibility index (Phi) is 7.33. The first kappa shape index (κ1) is 24.3. The molecule has 0 saturated heterocycles. The summed E-state index contributed by atoms with van der Waals surface area (Å²) in [4.78, 5) is 5.68. The van der Waals surface area contributed by atoms with Gasteiger partial charge in [0.05, 0.1) is 17.7 Å². The fourth-order valence-electron chi connectivity index (χ4n) is 4.44. The number of hydrogen-bond acceptors (Lipinski definition) is 7. The highest BCUT2D eigenvalue weighted by molar-refractivity contribution is 7.92. The van der Waals surface area contributed by atoms with Gasteiger partial charge in [-0.1, -0.05) is 30.6 Å². The van der Waals surface area contributed by atoms with Gasteiger partial charge in [-0.3, -0.25) is 4.72 Å². The van der Waals surface area contributed by atoms with Crippen LogP contribution in [-0.2, 0) is 10.0 Å². The molecule has 1 aromatic heterocycles. The van der Waals surface area contributed by atoms with Gasteiger partial charge >= 0.3 is 0 Å². The average molecular weight is 502 g/mol. The second-order valence-corrected chi connectivity index (χ2v) is 11.4. The fraction of sp³-hybridized carbons (Fsp3) is 0.400. The number of methoxy groups -OCH3 is 1. The molecule has 0 radical (unpaired) electrons. The summed E-state index contributed by atoms with van der Waals surface area (Å²) in [6.07, 6.45) is 6.41. The number of hydrogen-bond donors (Lipinski definition) is 3. The lowest BCUT2D eigenvalue weighted by atomic mass is 9.85. The largest absolute Gasteiger partial charge is 0.508 e. The van der Waals surface area contributed by atoms with Crippen molar-refractivity contribution in [3.8, 4) is 21.9 Å². The van der Waals surface area contributed by atoms with Crippen LogP contribution in [0.5, 0.6) is 11.5 Å². The van der Waals surface area contributed by atoms with Crippen molar-refractivity contribution in [1.82, 2.24) is 4.98 Å². The second-order valence-electron chi connectivity index (χ2n) is 8.78. The zero-order valence-electron chi connectivity index (χ0n) is 19.7. The van der Waals surface area contributed by atoms with Crippen LogP contribution in [0.2, 0.25) is 0 Å². The maximum absolute atomic E-state index is 13.2. The van der Waals surface area contributed by atoms with E-state index in [1.807, 2.05) is 13.0 Å². The predicted octanol–water partition coefficient (Wildman–Crippen LogP) is 6.01. The highest BCUT2D eigenvalue weighted by atomic mass is 32.2. The Labute approximate surface area is 205 Å². The van der Waals surface area contributed by atoms with Crippen molar-refractivity contribution in [2.45, 2.75) is 56.9 Å². The van der Waals surface area contributed by atoms with E-state index in [0.717, 1.165) is 21.3 Å². The van der Waals surface area contributed by atoms with Crippen molar-refractivity contribution >= 4 is 32.2 Å². The number of aromatic hydroxyl groups is 1. The molecule has 1 aliphatic carbocycles. The molecule has 1 atom stereocenters. The number of aryl methyl sites for hydroxylation is 1. The lowest BCUT2D eigenvalue weighted by Gasteiger charge is -2.28. The van der Waals surface area contributed by atoms with E-state index in [2.05, 4.69) is 17.0 Å². The van der Waals surface area contributed by atoms with Gasteiger partial charge in [0, 0.05) is 11.7 Å². The second kappa shape index (κ2) is 10.2. The summed E-state index contributed by atoms with van der Waals surface area (Å²) in [5, 5.41) is 13.9. The normalized spacial score (nSPS) is 15.6. The van der Waals surface area contributed by atoms with Crippen molar-refractivity contribution in [3.63, 3.8) is 0 Å². The Balaban J connectivity index is 1.60. The molecule has 1 fully saturated rings. The number of thiazole rings is 1. The molecule has 34 heavy (non-hydrogen) atoms. The SMILES string of the molecule is COc1ccc(-c2sc(N[C@@H](C)C3CCCCC3)nc2C)cc1S(=O)(=O)Nc1ccc(O)cc1. The molecular weight excluding hydrogens is 470 g/mol. The molecule has 7 nitrogen and oxygen atoms in total. The van der Waals surface area contributed by atoms with Crippen LogP contribution < -0.4 is 14.8 Å². The van der Waals surface area contributed by atoms with Crippen LogP contribution in [0, 0.1) is 12.8 Å². The van der Waals surface area contributed by atoms with Gasteiger partial charge in [0.25, 0.3) is 10.0 Å². The zero-order valence-corrected chi connectivity index (χ0v) is 21.3. The molecule has 0 unspecified atom stereocenters. The molecule has 2 aromatic carbocycles. The predicted molar refractivity (Wildman–Crippen MR) is 137 cm³/mol. The van der Waals surface area contributed by atoms with Crippen LogP contribution in [0.25, 0.3) is 10.4 Å². The highest BCUT2D eigenvalue weighted by Gasteiger charge is 2.24. The third-order valence-electron chi connectivity index (χ3n) is 6.34. The van der Waals surface area contributed by atoms with Crippen molar-refractivity contribution in [1.29, 1.82) is 0 Å². The molecule has 0 spiro atoms. The van der Waals surface area contributed by atoms with E-state index in [-0.39, 0.29) is 16.4 Å². The number of benzene rings is 2. The Morgan fingerprint density at radius 1 is 1.12 bits per heavy atom. The molecule has 0 bridgehead atoms. The van der Waals surface area contributed by atoms with Crippen LogP contribution in [0.3, 0.4) is 0 Å². The van der Waals surface area contributed by atoms with E-state index >= 15 is 0 Å². The van der Waals surface area contributed by atoms with Crippen LogP contribution in [0.1, 0.15) is 44.7 Å². The number of anilines is 2. The Bertz CT molecular complexity index is 1230. The minimum atomic E-state index is -3.93. The molecular formula is C25H31N3O4S2. The first-order valence-electron chi connectivity index (χ1n) is 11.5. The highest BCUT2D eigenvalue weighted by Crippen LogP contribution is 2.38. The first-order chi connectivity index (χ1) is 16.3. The van der Waals surface area contributed by atoms with Crippen molar-refractivity contribution < 1.29 is 18.3 Å². The maximum Gasteiger partial charge on any atom is 0.265 e. The lowest BCUT2D eigenvalue weighted by Crippen LogP contribution is -2.27. The molecule has 4 rings (SSSR count). The minimum Gasteiger partial charge on any atom is -0.508 e. The lowest BCUT2D eigenvalue weighted by molar-refractivity contribution is 0.328. The molecule has 3 aromatic rings. The van der Waals surface area contributed by atoms with E-state index < -0.39 is 10.0 Å². The third-order valence-corrected chi connectivity index (χ3v) is 8.88. The summed E-state index contributed by atoms with van der Waals surface area (Å²) in [5.41, 5.74) is 1.96. The first-order valence-corrected chi connectivity index (χ1v) is 13.8.